The second-order valence-electron chi connectivity index (χ2n) is 6.12. The third-order valence-corrected chi connectivity index (χ3v) is 6.19. The first-order valence-corrected chi connectivity index (χ1v) is 8.63. The van der Waals surface area contributed by atoms with E-state index in [1.165, 1.54) is 25.7 Å². The van der Waals surface area contributed by atoms with Crippen molar-refractivity contribution in [2.24, 2.45) is 11.8 Å². The molecule has 0 bridgehead atoms. The maximum absolute atomic E-state index is 12.4. The molecule has 0 aromatic carbocycles. The van der Waals surface area contributed by atoms with Crippen LogP contribution >= 0.6 is 11.8 Å². The van der Waals surface area contributed by atoms with E-state index in [2.05, 4.69) is 16.9 Å². The Morgan fingerprint density at radius 2 is 2.17 bits per heavy atom. The highest BCUT2D eigenvalue weighted by Gasteiger charge is 2.43. The van der Waals surface area contributed by atoms with Crippen LogP contribution in [-0.4, -0.2) is 36.0 Å². The largest absolute Gasteiger partial charge is 0.352 e. The topological polar surface area (TPSA) is 41.1 Å². The lowest BCUT2D eigenvalue weighted by Crippen LogP contribution is -2.47. The number of hydrogen-bond donors (Lipinski definition) is 2. The lowest BCUT2D eigenvalue weighted by Gasteiger charge is -2.20. The van der Waals surface area contributed by atoms with Crippen LogP contribution in [0.25, 0.3) is 0 Å². The number of carbonyl (C=O) groups is 1. The fourth-order valence-corrected chi connectivity index (χ4v) is 4.85. The zero-order chi connectivity index (χ0) is 12.5. The summed E-state index contributed by atoms with van der Waals surface area (Å²) in [7, 11) is 0. The summed E-state index contributed by atoms with van der Waals surface area (Å²) in [6.45, 7) is 1.06. The van der Waals surface area contributed by atoms with Crippen LogP contribution < -0.4 is 10.6 Å². The Kier molecular flexibility index (Phi) is 3.85. The second kappa shape index (κ2) is 5.41. The molecular weight excluding hydrogens is 244 g/mol. The molecule has 5 unspecified atom stereocenters. The molecule has 1 amide bonds. The minimum atomic E-state index is 0.103. The van der Waals surface area contributed by atoms with Crippen molar-refractivity contribution in [3.63, 3.8) is 0 Å². The number of hydrogen-bond acceptors (Lipinski definition) is 3. The lowest BCUT2D eigenvalue weighted by molar-refractivity contribution is -0.124. The zero-order valence-corrected chi connectivity index (χ0v) is 12.0. The molecule has 3 aliphatic rings. The lowest BCUT2D eigenvalue weighted by atomic mass is 9.93. The van der Waals surface area contributed by atoms with E-state index < -0.39 is 0 Å². The summed E-state index contributed by atoms with van der Waals surface area (Å²) in [5.74, 6) is 1.65. The predicted octanol–water partition coefficient (Wildman–Crippen LogP) is 1.77. The summed E-state index contributed by atoms with van der Waals surface area (Å²) in [4.78, 5) is 12.4. The van der Waals surface area contributed by atoms with E-state index >= 15 is 0 Å². The molecule has 18 heavy (non-hydrogen) atoms. The van der Waals surface area contributed by atoms with E-state index in [0.29, 0.717) is 12.0 Å². The summed E-state index contributed by atoms with van der Waals surface area (Å²) in [5.41, 5.74) is 0. The summed E-state index contributed by atoms with van der Waals surface area (Å²) >= 11 is 1.94. The third-order valence-electron chi connectivity index (χ3n) is 5.09. The monoisotopic (exact) mass is 268 g/mol. The Morgan fingerprint density at radius 3 is 2.94 bits per heavy atom. The molecule has 3 fully saturated rings. The average molecular weight is 268 g/mol. The minimum Gasteiger partial charge on any atom is -0.352 e. The highest BCUT2D eigenvalue weighted by molar-refractivity contribution is 7.99. The van der Waals surface area contributed by atoms with Gasteiger partial charge in [-0.25, -0.2) is 0 Å². The first-order chi connectivity index (χ1) is 8.78. The van der Waals surface area contributed by atoms with Crippen molar-refractivity contribution in [2.45, 2.75) is 55.9 Å². The molecule has 0 spiro atoms. The van der Waals surface area contributed by atoms with E-state index in [0.717, 1.165) is 30.6 Å². The van der Waals surface area contributed by atoms with Crippen LogP contribution in [0.2, 0.25) is 0 Å². The molecule has 3 rings (SSSR count). The maximum atomic E-state index is 12.4. The van der Waals surface area contributed by atoms with Gasteiger partial charge in [0.15, 0.2) is 0 Å². The highest BCUT2D eigenvalue weighted by atomic mass is 32.2. The Hall–Kier alpha value is -0.220. The second-order valence-corrected chi connectivity index (χ2v) is 7.26. The molecule has 4 heteroatoms. The number of fused-ring (bicyclic) bond motifs is 1. The first kappa shape index (κ1) is 12.8. The van der Waals surface area contributed by atoms with Crippen molar-refractivity contribution in [1.82, 2.24) is 10.6 Å². The smallest absolute Gasteiger partial charge is 0.237 e. The van der Waals surface area contributed by atoms with Crippen LogP contribution in [-0.2, 0) is 4.79 Å². The fraction of sp³-hybridized carbons (Fsp3) is 0.929. The van der Waals surface area contributed by atoms with Crippen molar-refractivity contribution in [3.05, 3.63) is 0 Å². The highest BCUT2D eigenvalue weighted by Crippen LogP contribution is 2.38. The van der Waals surface area contributed by atoms with E-state index in [9.17, 15) is 4.79 Å². The van der Waals surface area contributed by atoms with Crippen molar-refractivity contribution < 1.29 is 4.79 Å². The van der Waals surface area contributed by atoms with Crippen LogP contribution in [0.5, 0.6) is 0 Å². The van der Waals surface area contributed by atoms with Gasteiger partial charge in [0.2, 0.25) is 5.91 Å². The van der Waals surface area contributed by atoms with E-state index in [1.54, 1.807) is 0 Å². The molecule has 1 heterocycles. The number of carbonyl (C=O) groups excluding carboxylic acids is 1. The minimum absolute atomic E-state index is 0.103. The summed E-state index contributed by atoms with van der Waals surface area (Å²) in [6, 6.07) is 0.531. The predicted molar refractivity (Wildman–Crippen MR) is 75.7 cm³/mol. The molecule has 0 aromatic rings. The van der Waals surface area contributed by atoms with Gasteiger partial charge in [0.1, 0.15) is 0 Å². The summed E-state index contributed by atoms with van der Waals surface area (Å²) in [6.07, 6.45) is 9.64. The molecule has 3 nitrogen and oxygen atoms in total. The summed E-state index contributed by atoms with van der Waals surface area (Å²) < 4.78 is 0. The van der Waals surface area contributed by atoms with Gasteiger partial charge in [-0.05, 0) is 56.7 Å². The molecule has 1 aliphatic heterocycles. The molecule has 2 saturated carbocycles. The van der Waals surface area contributed by atoms with Crippen molar-refractivity contribution in [3.8, 4) is 0 Å². The molecule has 1 saturated heterocycles. The van der Waals surface area contributed by atoms with Crippen molar-refractivity contribution in [1.29, 1.82) is 0 Å². The molecule has 2 N–H and O–H groups in total. The molecule has 2 aliphatic carbocycles. The van der Waals surface area contributed by atoms with Crippen LogP contribution in [0.4, 0.5) is 0 Å². The average Bonchev–Trinajstić information content (AvgIpc) is 3.03. The maximum Gasteiger partial charge on any atom is 0.237 e. The molecule has 0 aromatic heterocycles. The van der Waals surface area contributed by atoms with Gasteiger partial charge < -0.3 is 10.6 Å². The van der Waals surface area contributed by atoms with Crippen LogP contribution in [0.3, 0.4) is 0 Å². The van der Waals surface area contributed by atoms with Crippen molar-refractivity contribution >= 4 is 17.7 Å². The normalized spacial score (nSPS) is 43.1. The molecule has 5 atom stereocenters. The SMILES string of the molecule is CSC1CCC(NC(=O)C2NCC3CCCC32)C1. The number of rotatable bonds is 3. The van der Waals surface area contributed by atoms with E-state index in [-0.39, 0.29) is 11.9 Å². The van der Waals surface area contributed by atoms with E-state index in [4.69, 9.17) is 0 Å². The van der Waals surface area contributed by atoms with Gasteiger partial charge in [0.25, 0.3) is 0 Å². The number of nitrogens with one attached hydrogen (secondary N) is 2. The number of thioether (sulfide) groups is 1. The standard InChI is InChI=1S/C14H24N2OS/c1-18-11-6-5-10(7-11)16-14(17)13-12-4-2-3-9(12)8-15-13/h9-13,15H,2-8H2,1H3,(H,16,17). The molecular formula is C14H24N2OS. The van der Waals surface area contributed by atoms with Gasteiger partial charge in [0, 0.05) is 11.3 Å². The Balaban J connectivity index is 1.52. The Bertz CT molecular complexity index is 323. The van der Waals surface area contributed by atoms with Gasteiger partial charge in [-0.3, -0.25) is 4.79 Å². The van der Waals surface area contributed by atoms with E-state index in [1.807, 2.05) is 11.8 Å². The molecule has 102 valence electrons. The van der Waals surface area contributed by atoms with Crippen molar-refractivity contribution in [2.75, 3.05) is 12.8 Å². The van der Waals surface area contributed by atoms with Gasteiger partial charge in [0.05, 0.1) is 6.04 Å². The van der Waals surface area contributed by atoms with Gasteiger partial charge in [-0.1, -0.05) is 6.42 Å². The Morgan fingerprint density at radius 1 is 1.28 bits per heavy atom. The zero-order valence-electron chi connectivity index (χ0n) is 11.2. The van der Waals surface area contributed by atoms with Gasteiger partial charge in [-0.2, -0.15) is 11.8 Å². The number of amides is 1. The quantitative estimate of drug-likeness (QED) is 0.820. The van der Waals surface area contributed by atoms with Crippen LogP contribution in [0.15, 0.2) is 0 Å². The van der Waals surface area contributed by atoms with Crippen LogP contribution in [0, 0.1) is 11.8 Å². The van der Waals surface area contributed by atoms with Gasteiger partial charge >= 0.3 is 0 Å². The fourth-order valence-electron chi connectivity index (χ4n) is 4.05. The first-order valence-electron chi connectivity index (χ1n) is 7.34. The Labute approximate surface area is 114 Å². The molecule has 0 radical (unpaired) electrons. The van der Waals surface area contributed by atoms with Gasteiger partial charge in [-0.15, -0.1) is 0 Å². The third kappa shape index (κ3) is 2.42. The van der Waals surface area contributed by atoms with Crippen LogP contribution in [0.1, 0.15) is 38.5 Å². The summed E-state index contributed by atoms with van der Waals surface area (Å²) in [5, 5.41) is 7.48.